The van der Waals surface area contributed by atoms with Crippen molar-refractivity contribution in [1.29, 1.82) is 0 Å². The molecule has 0 saturated carbocycles. The van der Waals surface area contributed by atoms with Crippen LogP contribution in [-0.2, 0) is 5.41 Å². The maximum absolute atomic E-state index is 6.05. The molecule has 0 spiro atoms. The zero-order chi connectivity index (χ0) is 16.4. The van der Waals surface area contributed by atoms with Gasteiger partial charge in [0.05, 0.1) is 0 Å². The molecule has 0 aliphatic heterocycles. The first kappa shape index (κ1) is 17.7. The molecule has 0 atom stereocenters. The van der Waals surface area contributed by atoms with Crippen molar-refractivity contribution in [2.75, 3.05) is 17.6 Å². The second-order valence-corrected chi connectivity index (χ2v) is 7.69. The Bertz CT molecular complexity index is 464. The highest BCUT2D eigenvalue weighted by Crippen LogP contribution is 2.26. The second kappa shape index (κ2) is 6.63. The summed E-state index contributed by atoms with van der Waals surface area (Å²) in [6, 6.07) is 0. The molecule has 21 heavy (non-hydrogen) atoms. The van der Waals surface area contributed by atoms with Crippen LogP contribution in [0.25, 0.3) is 0 Å². The molecule has 0 bridgehead atoms. The van der Waals surface area contributed by atoms with Gasteiger partial charge in [-0.25, -0.2) is 9.97 Å². The lowest BCUT2D eigenvalue weighted by Crippen LogP contribution is -2.26. The van der Waals surface area contributed by atoms with Crippen molar-refractivity contribution in [2.45, 2.75) is 60.8 Å². The number of nitrogen functional groups attached to an aromatic ring is 1. The van der Waals surface area contributed by atoms with Gasteiger partial charge < -0.3 is 11.1 Å². The fraction of sp³-hybridized carbons (Fsp3) is 0.765. The Morgan fingerprint density at radius 1 is 1.05 bits per heavy atom. The Kier molecular flexibility index (Phi) is 5.60. The summed E-state index contributed by atoms with van der Waals surface area (Å²) >= 11 is 0. The first-order chi connectivity index (χ1) is 9.54. The van der Waals surface area contributed by atoms with Crippen LogP contribution in [0.15, 0.2) is 0 Å². The van der Waals surface area contributed by atoms with Crippen LogP contribution in [0.1, 0.15) is 59.9 Å². The minimum Gasteiger partial charge on any atom is -0.383 e. The third-order valence-electron chi connectivity index (χ3n) is 4.07. The Labute approximate surface area is 130 Å². The predicted octanol–water partition coefficient (Wildman–Crippen LogP) is 4.00. The van der Waals surface area contributed by atoms with Crippen LogP contribution in [0.2, 0.25) is 0 Å². The smallest absolute Gasteiger partial charge is 0.138 e. The standard InChI is InChI=1S/C17H32N4/c1-10(2)13(11(3)4)9-19-15-12(5)14(18)20-16(21-15)17(6,7)8/h10-11,13H,9H2,1-8H3,(H3,18,19,20,21). The number of hydrogen-bond donors (Lipinski definition) is 2. The maximum atomic E-state index is 6.05. The lowest BCUT2D eigenvalue weighted by atomic mass is 9.85. The molecule has 4 heteroatoms. The Morgan fingerprint density at radius 2 is 1.57 bits per heavy atom. The summed E-state index contributed by atoms with van der Waals surface area (Å²) in [6.45, 7) is 18.3. The third kappa shape index (κ3) is 4.58. The van der Waals surface area contributed by atoms with Gasteiger partial charge in [-0.05, 0) is 24.7 Å². The van der Waals surface area contributed by atoms with Crippen molar-refractivity contribution < 1.29 is 0 Å². The van der Waals surface area contributed by atoms with Crippen LogP contribution in [0.3, 0.4) is 0 Å². The number of aromatic nitrogens is 2. The molecule has 0 radical (unpaired) electrons. The van der Waals surface area contributed by atoms with Crippen LogP contribution in [0.5, 0.6) is 0 Å². The number of nitrogens with one attached hydrogen (secondary N) is 1. The van der Waals surface area contributed by atoms with E-state index >= 15 is 0 Å². The van der Waals surface area contributed by atoms with Crippen molar-refractivity contribution in [3.05, 3.63) is 11.4 Å². The summed E-state index contributed by atoms with van der Waals surface area (Å²) in [5.41, 5.74) is 6.89. The van der Waals surface area contributed by atoms with E-state index in [-0.39, 0.29) is 5.41 Å². The molecule has 0 aliphatic rings. The average Bonchev–Trinajstić information content (AvgIpc) is 2.32. The summed E-state index contributed by atoms with van der Waals surface area (Å²) in [5.74, 6) is 4.12. The normalized spacial score (nSPS) is 12.5. The molecule has 120 valence electrons. The van der Waals surface area contributed by atoms with Crippen LogP contribution in [0.4, 0.5) is 11.6 Å². The van der Waals surface area contributed by atoms with Crippen LogP contribution in [0, 0.1) is 24.7 Å². The third-order valence-corrected chi connectivity index (χ3v) is 4.07. The van der Waals surface area contributed by atoms with Gasteiger partial charge in [-0.15, -0.1) is 0 Å². The maximum Gasteiger partial charge on any atom is 0.138 e. The molecule has 0 aliphatic carbocycles. The van der Waals surface area contributed by atoms with Crippen LogP contribution < -0.4 is 11.1 Å². The molecule has 0 saturated heterocycles. The van der Waals surface area contributed by atoms with Gasteiger partial charge in [0.2, 0.25) is 0 Å². The predicted molar refractivity (Wildman–Crippen MR) is 91.5 cm³/mol. The van der Waals surface area contributed by atoms with Crippen molar-refractivity contribution in [3.8, 4) is 0 Å². The Balaban J connectivity index is 3.00. The molecule has 0 fully saturated rings. The second-order valence-electron chi connectivity index (χ2n) is 7.69. The van der Waals surface area contributed by atoms with E-state index in [0.29, 0.717) is 23.6 Å². The number of anilines is 2. The van der Waals surface area contributed by atoms with E-state index in [1.165, 1.54) is 0 Å². The molecular formula is C17H32N4. The van der Waals surface area contributed by atoms with Gasteiger partial charge in [0.25, 0.3) is 0 Å². The Hall–Kier alpha value is -1.32. The number of rotatable bonds is 5. The highest BCUT2D eigenvalue weighted by Gasteiger charge is 2.22. The van der Waals surface area contributed by atoms with E-state index in [9.17, 15) is 0 Å². The zero-order valence-electron chi connectivity index (χ0n) is 14.9. The van der Waals surface area contributed by atoms with Gasteiger partial charge >= 0.3 is 0 Å². The molecule has 1 heterocycles. The first-order valence-electron chi connectivity index (χ1n) is 7.92. The lowest BCUT2D eigenvalue weighted by molar-refractivity contribution is 0.304. The van der Waals surface area contributed by atoms with Gasteiger partial charge in [-0.1, -0.05) is 48.5 Å². The molecule has 0 aromatic carbocycles. The van der Waals surface area contributed by atoms with Gasteiger partial charge in [-0.2, -0.15) is 0 Å². The van der Waals surface area contributed by atoms with Crippen LogP contribution in [-0.4, -0.2) is 16.5 Å². The molecule has 4 nitrogen and oxygen atoms in total. The largest absolute Gasteiger partial charge is 0.383 e. The quantitative estimate of drug-likeness (QED) is 0.861. The van der Waals surface area contributed by atoms with Crippen molar-refractivity contribution in [2.24, 2.45) is 17.8 Å². The molecule has 0 amide bonds. The van der Waals surface area contributed by atoms with E-state index in [0.717, 1.165) is 23.8 Å². The fourth-order valence-corrected chi connectivity index (χ4v) is 2.50. The summed E-state index contributed by atoms with van der Waals surface area (Å²) in [6.07, 6.45) is 0. The lowest BCUT2D eigenvalue weighted by Gasteiger charge is -2.26. The molecular weight excluding hydrogens is 260 g/mol. The minimum atomic E-state index is -0.103. The summed E-state index contributed by atoms with van der Waals surface area (Å²) in [4.78, 5) is 9.12. The molecule has 1 aromatic heterocycles. The van der Waals surface area contributed by atoms with E-state index in [2.05, 4.69) is 58.8 Å². The first-order valence-corrected chi connectivity index (χ1v) is 7.92. The van der Waals surface area contributed by atoms with Gasteiger partial charge in [0.15, 0.2) is 0 Å². The van der Waals surface area contributed by atoms with E-state index in [1.807, 2.05) is 6.92 Å². The van der Waals surface area contributed by atoms with E-state index in [4.69, 9.17) is 10.7 Å². The highest BCUT2D eigenvalue weighted by atomic mass is 15.1. The average molecular weight is 292 g/mol. The minimum absolute atomic E-state index is 0.103. The van der Waals surface area contributed by atoms with Crippen LogP contribution >= 0.6 is 0 Å². The SMILES string of the molecule is Cc1c(N)nc(C(C)(C)C)nc1NCC(C(C)C)C(C)C. The monoisotopic (exact) mass is 292 g/mol. The number of nitrogens with two attached hydrogens (primary N) is 1. The molecule has 3 N–H and O–H groups in total. The van der Waals surface area contributed by atoms with Gasteiger partial charge in [-0.3, -0.25) is 0 Å². The number of hydrogen-bond acceptors (Lipinski definition) is 4. The summed E-state index contributed by atoms with van der Waals surface area (Å²) in [7, 11) is 0. The molecule has 0 unspecified atom stereocenters. The summed E-state index contributed by atoms with van der Waals surface area (Å²) in [5, 5.41) is 3.50. The summed E-state index contributed by atoms with van der Waals surface area (Å²) < 4.78 is 0. The molecule has 1 aromatic rings. The van der Waals surface area contributed by atoms with Crippen molar-refractivity contribution in [3.63, 3.8) is 0 Å². The van der Waals surface area contributed by atoms with Gasteiger partial charge in [0, 0.05) is 17.5 Å². The number of nitrogens with zero attached hydrogens (tertiary/aromatic N) is 2. The van der Waals surface area contributed by atoms with E-state index in [1.54, 1.807) is 0 Å². The molecule has 1 rings (SSSR count). The van der Waals surface area contributed by atoms with Crippen molar-refractivity contribution >= 4 is 11.6 Å². The Morgan fingerprint density at radius 3 is 2.00 bits per heavy atom. The zero-order valence-corrected chi connectivity index (χ0v) is 14.9. The van der Waals surface area contributed by atoms with Gasteiger partial charge in [0.1, 0.15) is 17.5 Å². The highest BCUT2D eigenvalue weighted by molar-refractivity contribution is 5.55. The van der Waals surface area contributed by atoms with Crippen molar-refractivity contribution in [1.82, 2.24) is 9.97 Å². The fourth-order valence-electron chi connectivity index (χ4n) is 2.50. The topological polar surface area (TPSA) is 63.8 Å². The van der Waals surface area contributed by atoms with E-state index < -0.39 is 0 Å².